The van der Waals surface area contributed by atoms with Gasteiger partial charge in [0, 0.05) is 14.2 Å². The summed E-state index contributed by atoms with van der Waals surface area (Å²) in [7, 11) is -1.36. The number of nitrogens with one attached hydrogen (secondary N) is 1. The Hall–Kier alpha value is -0.580. The van der Waals surface area contributed by atoms with Gasteiger partial charge in [0.15, 0.2) is 5.78 Å². The molecule has 0 spiro atoms. The number of carbonyl (C=O) groups excluding carboxylic acids is 1. The fraction of sp³-hybridized carbons (Fsp3) is 0.833. The molecule has 7 heteroatoms. The minimum absolute atomic E-state index is 0.533. The van der Waals surface area contributed by atoms with Gasteiger partial charge in [-0.3, -0.25) is 9.36 Å². The first-order valence-corrected chi connectivity index (χ1v) is 5.03. The van der Waals surface area contributed by atoms with Crippen molar-refractivity contribution in [3.8, 4) is 0 Å². The Bertz CT molecular complexity index is 259. The van der Waals surface area contributed by atoms with Crippen LogP contribution in [0.15, 0.2) is 5.11 Å². The molecule has 0 aromatic carbocycles. The van der Waals surface area contributed by atoms with Gasteiger partial charge in [-0.15, -0.1) is 0 Å². The van der Waals surface area contributed by atoms with Crippen LogP contribution in [0.5, 0.6) is 0 Å². The standard InChI is InChI=1S/C6H13N2O4P/c1-5(9)6(2,8-7)13(10,11-3)12-4/h7H,1-4H3. The first-order chi connectivity index (χ1) is 5.88. The van der Waals surface area contributed by atoms with Gasteiger partial charge >= 0.3 is 7.60 Å². The molecule has 0 aromatic heterocycles. The molecular formula is C6H13N2O4P. The summed E-state index contributed by atoms with van der Waals surface area (Å²) in [5, 5.41) is 1.28. The van der Waals surface area contributed by atoms with Crippen molar-refractivity contribution in [2.24, 2.45) is 5.11 Å². The molecular weight excluding hydrogens is 195 g/mol. The Morgan fingerprint density at radius 1 is 1.46 bits per heavy atom. The molecule has 0 aliphatic rings. The highest BCUT2D eigenvalue weighted by Gasteiger charge is 2.51. The molecule has 0 saturated heterocycles. The summed E-state index contributed by atoms with van der Waals surface area (Å²) in [5.41, 5.74) is 6.82. The van der Waals surface area contributed by atoms with E-state index in [4.69, 9.17) is 5.53 Å². The second-order valence-electron chi connectivity index (χ2n) is 2.55. The lowest BCUT2D eigenvalue weighted by Crippen LogP contribution is -2.31. The van der Waals surface area contributed by atoms with Crippen LogP contribution >= 0.6 is 7.60 Å². The maximum atomic E-state index is 11.8. The maximum absolute atomic E-state index is 11.8. The molecule has 1 atom stereocenters. The van der Waals surface area contributed by atoms with E-state index >= 15 is 0 Å². The van der Waals surface area contributed by atoms with E-state index in [0.29, 0.717) is 0 Å². The molecule has 0 saturated carbocycles. The summed E-state index contributed by atoms with van der Waals surface area (Å²) in [4.78, 5) is 11.1. The van der Waals surface area contributed by atoms with E-state index in [0.717, 1.165) is 14.2 Å². The first-order valence-electron chi connectivity index (χ1n) is 3.49. The Balaban J connectivity index is 5.29. The van der Waals surface area contributed by atoms with E-state index in [1.54, 1.807) is 0 Å². The summed E-state index contributed by atoms with van der Waals surface area (Å²) in [6.45, 7) is 2.43. The van der Waals surface area contributed by atoms with Gasteiger partial charge < -0.3 is 9.05 Å². The SMILES string of the molecule is COP(=O)(OC)C(C)(N=N)C(C)=O. The van der Waals surface area contributed by atoms with Gasteiger partial charge in [0.25, 0.3) is 0 Å². The smallest absolute Gasteiger partial charge is 0.310 e. The highest BCUT2D eigenvalue weighted by Crippen LogP contribution is 2.59. The van der Waals surface area contributed by atoms with Crippen molar-refractivity contribution in [1.82, 2.24) is 0 Å². The molecule has 0 rings (SSSR count). The van der Waals surface area contributed by atoms with Gasteiger partial charge in [0.05, 0.1) is 0 Å². The van der Waals surface area contributed by atoms with Crippen LogP contribution in [0, 0.1) is 5.53 Å². The zero-order valence-corrected chi connectivity index (χ0v) is 8.92. The van der Waals surface area contributed by atoms with Crippen LogP contribution in [0.2, 0.25) is 0 Å². The molecule has 0 aromatic rings. The third-order valence-corrected chi connectivity index (χ3v) is 4.34. The Morgan fingerprint density at radius 3 is 1.92 bits per heavy atom. The van der Waals surface area contributed by atoms with Crippen LogP contribution in [-0.2, 0) is 18.4 Å². The topological polar surface area (TPSA) is 88.8 Å². The molecule has 0 fully saturated rings. The molecule has 0 bridgehead atoms. The molecule has 0 amide bonds. The highest BCUT2D eigenvalue weighted by molar-refractivity contribution is 7.56. The molecule has 6 nitrogen and oxygen atoms in total. The zero-order chi connectivity index (χ0) is 10.7. The molecule has 0 heterocycles. The average Bonchev–Trinajstić information content (AvgIpc) is 2.14. The van der Waals surface area contributed by atoms with E-state index in [1.165, 1.54) is 13.8 Å². The summed E-state index contributed by atoms with van der Waals surface area (Å²) in [6.07, 6.45) is 0. The summed E-state index contributed by atoms with van der Waals surface area (Å²) in [5.74, 6) is -0.533. The van der Waals surface area contributed by atoms with Crippen molar-refractivity contribution in [2.75, 3.05) is 14.2 Å². The zero-order valence-electron chi connectivity index (χ0n) is 8.03. The van der Waals surface area contributed by atoms with E-state index < -0.39 is 18.7 Å². The third-order valence-electron chi connectivity index (χ3n) is 1.90. The van der Waals surface area contributed by atoms with Crippen LogP contribution in [0.25, 0.3) is 0 Å². The van der Waals surface area contributed by atoms with Crippen LogP contribution in [0.1, 0.15) is 13.8 Å². The normalized spacial score (nSPS) is 16.3. The van der Waals surface area contributed by atoms with Crippen molar-refractivity contribution < 1.29 is 18.4 Å². The Morgan fingerprint density at radius 2 is 1.85 bits per heavy atom. The number of hydrogen-bond donors (Lipinski definition) is 1. The second kappa shape index (κ2) is 4.09. The van der Waals surface area contributed by atoms with E-state index in [9.17, 15) is 9.36 Å². The Labute approximate surface area is 76.7 Å². The maximum Gasteiger partial charge on any atom is 0.366 e. The summed E-state index contributed by atoms with van der Waals surface area (Å²) >= 11 is 0. The van der Waals surface area contributed by atoms with Gasteiger partial charge in [-0.2, -0.15) is 5.11 Å². The monoisotopic (exact) mass is 208 g/mol. The van der Waals surface area contributed by atoms with Crippen LogP contribution in [-0.4, -0.2) is 25.3 Å². The fourth-order valence-electron chi connectivity index (χ4n) is 0.763. The lowest BCUT2D eigenvalue weighted by atomic mass is 10.2. The number of carbonyl (C=O) groups is 1. The number of rotatable bonds is 5. The lowest BCUT2D eigenvalue weighted by Gasteiger charge is -2.26. The number of ketones is 1. The molecule has 0 aliphatic carbocycles. The molecule has 0 aliphatic heterocycles. The molecule has 1 N–H and O–H groups in total. The quantitative estimate of drug-likeness (QED) is 0.551. The van der Waals surface area contributed by atoms with Crippen molar-refractivity contribution in [3.05, 3.63) is 0 Å². The van der Waals surface area contributed by atoms with Gasteiger partial charge in [-0.25, -0.2) is 5.53 Å². The predicted octanol–water partition coefficient (Wildman–Crippen LogP) is 1.81. The first kappa shape index (κ1) is 12.4. The van der Waals surface area contributed by atoms with Crippen molar-refractivity contribution in [1.29, 1.82) is 5.53 Å². The summed E-state index contributed by atoms with van der Waals surface area (Å²) in [6, 6.07) is 0. The van der Waals surface area contributed by atoms with Gasteiger partial charge in [-0.1, -0.05) is 0 Å². The molecule has 76 valence electrons. The van der Waals surface area contributed by atoms with Crippen LogP contribution in [0.4, 0.5) is 0 Å². The van der Waals surface area contributed by atoms with Gasteiger partial charge in [0.2, 0.25) is 5.28 Å². The molecule has 0 radical (unpaired) electrons. The van der Waals surface area contributed by atoms with Crippen LogP contribution in [0.3, 0.4) is 0 Å². The second-order valence-corrected chi connectivity index (χ2v) is 5.15. The molecule has 13 heavy (non-hydrogen) atoms. The summed E-state index contributed by atoms with van der Waals surface area (Å²) < 4.78 is 21.0. The lowest BCUT2D eigenvalue weighted by molar-refractivity contribution is -0.119. The minimum Gasteiger partial charge on any atom is -0.310 e. The van der Waals surface area contributed by atoms with Crippen molar-refractivity contribution in [2.45, 2.75) is 19.1 Å². The largest absolute Gasteiger partial charge is 0.366 e. The molecule has 1 unspecified atom stereocenters. The highest BCUT2D eigenvalue weighted by atomic mass is 31.2. The van der Waals surface area contributed by atoms with Gasteiger partial charge in [0.1, 0.15) is 0 Å². The predicted molar refractivity (Wildman–Crippen MR) is 45.9 cm³/mol. The average molecular weight is 208 g/mol. The minimum atomic E-state index is -3.66. The third kappa shape index (κ3) is 1.85. The van der Waals surface area contributed by atoms with Crippen molar-refractivity contribution in [3.63, 3.8) is 0 Å². The number of nitrogens with zero attached hydrogens (tertiary/aromatic N) is 1. The van der Waals surface area contributed by atoms with Crippen molar-refractivity contribution >= 4 is 13.4 Å². The Kier molecular flexibility index (Phi) is 3.90. The van der Waals surface area contributed by atoms with Crippen LogP contribution < -0.4 is 0 Å². The van der Waals surface area contributed by atoms with E-state index in [1.807, 2.05) is 0 Å². The fourth-order valence-corrected chi connectivity index (χ4v) is 2.13. The van der Waals surface area contributed by atoms with E-state index in [2.05, 4.69) is 14.2 Å². The number of Topliss-reactive ketones (excluding diaryl/α,β-unsaturated/α-hetero) is 1. The number of hydrogen-bond acceptors (Lipinski definition) is 6. The van der Waals surface area contributed by atoms with E-state index in [-0.39, 0.29) is 0 Å². The van der Waals surface area contributed by atoms with Gasteiger partial charge in [-0.05, 0) is 13.8 Å².